The fourth-order valence-electron chi connectivity index (χ4n) is 4.28. The molecule has 194 valence electrons. The third kappa shape index (κ3) is 7.49. The summed E-state index contributed by atoms with van der Waals surface area (Å²) in [7, 11) is 1.83. The van der Waals surface area contributed by atoms with Gasteiger partial charge in [0.05, 0.1) is 42.8 Å². The van der Waals surface area contributed by atoms with Crippen LogP contribution < -0.4 is 0 Å². The standard InChI is InChI=1S/C24H34F3N5O3/c1-17-12-31(18(2)15-33)23(34)8-5-9-32-21(11-28-29-32)16-35-22(17)14-30(3)13-19-6-4-7-20(10-19)24(25,26)27/h4,6-7,10-11,17-18,22,33H,5,8-9,12-16H2,1-3H3/t17-,18-,22-/m1/s1. The molecular formula is C24H34F3N5O3. The summed E-state index contributed by atoms with van der Waals surface area (Å²) in [5.74, 6) is -0.141. The maximum Gasteiger partial charge on any atom is 0.416 e. The molecular weight excluding hydrogens is 463 g/mol. The van der Waals surface area contributed by atoms with E-state index < -0.39 is 11.7 Å². The van der Waals surface area contributed by atoms with E-state index in [1.807, 2.05) is 25.8 Å². The van der Waals surface area contributed by atoms with E-state index in [0.29, 0.717) is 44.6 Å². The minimum atomic E-state index is -4.39. The number of hydrogen-bond acceptors (Lipinski definition) is 6. The summed E-state index contributed by atoms with van der Waals surface area (Å²) in [5, 5.41) is 17.8. The van der Waals surface area contributed by atoms with Gasteiger partial charge in [0.15, 0.2) is 0 Å². The number of ether oxygens (including phenoxy) is 1. The van der Waals surface area contributed by atoms with E-state index >= 15 is 0 Å². The molecule has 0 saturated heterocycles. The Kier molecular flexibility index (Phi) is 9.26. The minimum absolute atomic E-state index is 0.0447. The van der Waals surface area contributed by atoms with Gasteiger partial charge >= 0.3 is 6.18 Å². The summed E-state index contributed by atoms with van der Waals surface area (Å²) < 4.78 is 47.3. The Balaban J connectivity index is 1.78. The van der Waals surface area contributed by atoms with Gasteiger partial charge in [-0.2, -0.15) is 13.2 Å². The molecule has 1 N–H and O–H groups in total. The predicted octanol–water partition coefficient (Wildman–Crippen LogP) is 2.95. The van der Waals surface area contributed by atoms with Crippen LogP contribution in [0.2, 0.25) is 0 Å². The van der Waals surface area contributed by atoms with Crippen molar-refractivity contribution in [2.75, 3.05) is 26.7 Å². The van der Waals surface area contributed by atoms with E-state index in [1.165, 1.54) is 6.07 Å². The van der Waals surface area contributed by atoms with Crippen molar-refractivity contribution in [2.24, 2.45) is 5.92 Å². The Morgan fingerprint density at radius 2 is 2.11 bits per heavy atom. The number of carbonyl (C=O) groups excluding carboxylic acids is 1. The summed E-state index contributed by atoms with van der Waals surface area (Å²) in [6.45, 7) is 5.60. The molecule has 0 spiro atoms. The summed E-state index contributed by atoms with van der Waals surface area (Å²) in [5.41, 5.74) is 0.680. The number of rotatable bonds is 6. The van der Waals surface area contributed by atoms with Gasteiger partial charge in [-0.1, -0.05) is 30.3 Å². The lowest BCUT2D eigenvalue weighted by molar-refractivity contribution is -0.138. The molecule has 0 unspecified atom stereocenters. The molecule has 1 aliphatic rings. The molecule has 2 aromatic rings. The molecule has 3 atom stereocenters. The second-order valence-corrected chi connectivity index (χ2v) is 9.35. The van der Waals surface area contributed by atoms with Gasteiger partial charge in [0, 0.05) is 38.5 Å². The van der Waals surface area contributed by atoms with E-state index in [-0.39, 0.29) is 37.2 Å². The average molecular weight is 498 g/mol. The van der Waals surface area contributed by atoms with E-state index in [0.717, 1.165) is 17.8 Å². The lowest BCUT2D eigenvalue weighted by Gasteiger charge is -2.35. The number of fused-ring (bicyclic) bond motifs is 1. The zero-order valence-electron chi connectivity index (χ0n) is 20.4. The molecule has 0 aliphatic carbocycles. The van der Waals surface area contributed by atoms with Crippen molar-refractivity contribution >= 4 is 5.91 Å². The molecule has 0 radical (unpaired) electrons. The van der Waals surface area contributed by atoms with Crippen molar-refractivity contribution < 1.29 is 27.8 Å². The summed E-state index contributed by atoms with van der Waals surface area (Å²) >= 11 is 0. The Hall–Kier alpha value is -2.50. The molecule has 0 bridgehead atoms. The van der Waals surface area contributed by atoms with Gasteiger partial charge in [-0.05, 0) is 32.0 Å². The fourth-order valence-corrected chi connectivity index (χ4v) is 4.28. The van der Waals surface area contributed by atoms with E-state index in [1.54, 1.807) is 21.8 Å². The molecule has 0 saturated carbocycles. The second kappa shape index (κ2) is 12.0. The van der Waals surface area contributed by atoms with Crippen LogP contribution in [0.4, 0.5) is 13.2 Å². The van der Waals surface area contributed by atoms with Crippen LogP contribution in [-0.4, -0.2) is 74.7 Å². The van der Waals surface area contributed by atoms with Crippen LogP contribution in [-0.2, 0) is 35.4 Å². The lowest BCUT2D eigenvalue weighted by atomic mass is 10.0. The number of benzene rings is 1. The number of carbonyl (C=O) groups is 1. The first-order valence-corrected chi connectivity index (χ1v) is 11.8. The lowest BCUT2D eigenvalue weighted by Crippen LogP contribution is -2.47. The normalized spacial score (nSPS) is 21.4. The highest BCUT2D eigenvalue weighted by atomic mass is 19.4. The van der Waals surface area contributed by atoms with Crippen LogP contribution in [0, 0.1) is 5.92 Å². The Morgan fingerprint density at radius 3 is 2.83 bits per heavy atom. The van der Waals surface area contributed by atoms with E-state index in [4.69, 9.17) is 4.74 Å². The molecule has 35 heavy (non-hydrogen) atoms. The summed E-state index contributed by atoms with van der Waals surface area (Å²) in [6.07, 6.45) is -2.15. The first-order chi connectivity index (χ1) is 16.6. The number of aliphatic hydroxyl groups is 1. The minimum Gasteiger partial charge on any atom is -0.394 e. The number of hydrogen-bond donors (Lipinski definition) is 1. The smallest absolute Gasteiger partial charge is 0.394 e. The molecule has 2 heterocycles. The number of aromatic nitrogens is 3. The maximum atomic E-state index is 13.1. The third-order valence-corrected chi connectivity index (χ3v) is 6.34. The van der Waals surface area contributed by atoms with Gasteiger partial charge in [-0.15, -0.1) is 5.10 Å². The Bertz CT molecular complexity index is 968. The first kappa shape index (κ1) is 27.1. The molecule has 1 aliphatic heterocycles. The zero-order chi connectivity index (χ0) is 25.6. The predicted molar refractivity (Wildman–Crippen MR) is 123 cm³/mol. The van der Waals surface area contributed by atoms with Crippen molar-refractivity contribution in [1.29, 1.82) is 0 Å². The van der Waals surface area contributed by atoms with E-state index in [9.17, 15) is 23.1 Å². The van der Waals surface area contributed by atoms with E-state index in [2.05, 4.69) is 10.3 Å². The third-order valence-electron chi connectivity index (χ3n) is 6.34. The monoisotopic (exact) mass is 497 g/mol. The van der Waals surface area contributed by atoms with Crippen molar-refractivity contribution in [3.05, 3.63) is 47.3 Å². The van der Waals surface area contributed by atoms with Crippen molar-refractivity contribution in [3.8, 4) is 0 Å². The number of halogens is 3. The van der Waals surface area contributed by atoms with Crippen LogP contribution in [0.1, 0.15) is 43.5 Å². The molecule has 0 fully saturated rings. The Labute approximate surface area is 203 Å². The SMILES string of the molecule is C[C@@H]1CN([C@H](C)CO)C(=O)CCCn2nncc2CO[C@@H]1CN(C)Cc1cccc(C(F)(F)F)c1. The van der Waals surface area contributed by atoms with Gasteiger partial charge in [0.25, 0.3) is 0 Å². The van der Waals surface area contributed by atoms with Gasteiger partial charge in [-0.3, -0.25) is 9.69 Å². The molecule has 1 amide bonds. The largest absolute Gasteiger partial charge is 0.416 e. The number of aryl methyl sites for hydroxylation is 1. The fraction of sp³-hybridized carbons (Fsp3) is 0.625. The maximum absolute atomic E-state index is 13.1. The highest BCUT2D eigenvalue weighted by molar-refractivity contribution is 5.76. The van der Waals surface area contributed by atoms with Gasteiger partial charge in [0.1, 0.15) is 0 Å². The molecule has 1 aromatic carbocycles. The average Bonchev–Trinajstić information content (AvgIpc) is 3.25. The van der Waals surface area contributed by atoms with Gasteiger partial charge < -0.3 is 14.7 Å². The second-order valence-electron chi connectivity index (χ2n) is 9.35. The first-order valence-electron chi connectivity index (χ1n) is 11.8. The topological polar surface area (TPSA) is 83.7 Å². The molecule has 3 rings (SSSR count). The number of amides is 1. The van der Waals surface area contributed by atoms with Crippen molar-refractivity contribution in [2.45, 2.75) is 64.7 Å². The van der Waals surface area contributed by atoms with Crippen LogP contribution in [0.25, 0.3) is 0 Å². The Morgan fingerprint density at radius 1 is 1.34 bits per heavy atom. The highest BCUT2D eigenvalue weighted by Gasteiger charge is 2.31. The summed E-state index contributed by atoms with van der Waals surface area (Å²) in [4.78, 5) is 16.5. The summed E-state index contributed by atoms with van der Waals surface area (Å²) in [6, 6.07) is 4.97. The van der Waals surface area contributed by atoms with Crippen molar-refractivity contribution in [3.63, 3.8) is 0 Å². The quantitative estimate of drug-likeness (QED) is 0.661. The highest BCUT2D eigenvalue weighted by Crippen LogP contribution is 2.30. The number of likely N-dealkylation sites (N-methyl/N-ethyl adjacent to an activating group) is 1. The molecule has 8 nitrogen and oxygen atoms in total. The molecule has 1 aromatic heterocycles. The number of alkyl halides is 3. The molecule has 11 heteroatoms. The van der Waals surface area contributed by atoms with Crippen LogP contribution in [0.15, 0.2) is 30.5 Å². The van der Waals surface area contributed by atoms with Gasteiger partial charge in [0.2, 0.25) is 5.91 Å². The van der Waals surface area contributed by atoms with Crippen LogP contribution in [0.5, 0.6) is 0 Å². The number of nitrogens with zero attached hydrogens (tertiary/aromatic N) is 5. The van der Waals surface area contributed by atoms with Crippen molar-refractivity contribution in [1.82, 2.24) is 24.8 Å². The van der Waals surface area contributed by atoms with Gasteiger partial charge in [-0.25, -0.2) is 4.68 Å². The number of aliphatic hydroxyl groups excluding tert-OH is 1. The van der Waals surface area contributed by atoms with Crippen LogP contribution >= 0.6 is 0 Å². The van der Waals surface area contributed by atoms with Crippen LogP contribution in [0.3, 0.4) is 0 Å². The zero-order valence-corrected chi connectivity index (χ0v) is 20.4.